The van der Waals surface area contributed by atoms with Crippen LogP contribution in [-0.2, 0) is 6.54 Å². The second-order valence-corrected chi connectivity index (χ2v) is 6.38. The lowest BCUT2D eigenvalue weighted by Crippen LogP contribution is -2.43. The van der Waals surface area contributed by atoms with Crippen LogP contribution in [0, 0.1) is 12.8 Å². The minimum atomic E-state index is 0.614. The van der Waals surface area contributed by atoms with E-state index < -0.39 is 0 Å². The summed E-state index contributed by atoms with van der Waals surface area (Å²) in [7, 11) is 0. The average molecular weight is 275 g/mol. The molecule has 1 fully saturated rings. The van der Waals surface area contributed by atoms with Gasteiger partial charge in [-0.25, -0.2) is 0 Å². The van der Waals surface area contributed by atoms with Crippen LogP contribution in [-0.4, -0.2) is 35.1 Å². The van der Waals surface area contributed by atoms with Crippen molar-refractivity contribution in [3.63, 3.8) is 0 Å². The van der Waals surface area contributed by atoms with E-state index in [9.17, 15) is 0 Å². The lowest BCUT2D eigenvalue weighted by Gasteiger charge is -2.31. The van der Waals surface area contributed by atoms with Gasteiger partial charge < -0.3 is 5.32 Å². The van der Waals surface area contributed by atoms with E-state index in [1.54, 1.807) is 0 Å². The number of hydrogen-bond donors (Lipinski definition) is 1. The van der Waals surface area contributed by atoms with Crippen molar-refractivity contribution in [2.75, 3.05) is 13.1 Å². The van der Waals surface area contributed by atoms with E-state index in [1.807, 2.05) is 12.4 Å². The van der Waals surface area contributed by atoms with Crippen LogP contribution in [0.4, 0.5) is 0 Å². The molecule has 0 saturated carbocycles. The van der Waals surface area contributed by atoms with Crippen molar-refractivity contribution in [1.82, 2.24) is 15.2 Å². The highest BCUT2D eigenvalue weighted by Crippen LogP contribution is 2.18. The highest BCUT2D eigenvalue weighted by molar-refractivity contribution is 5.16. The molecule has 112 valence electrons. The van der Waals surface area contributed by atoms with Crippen LogP contribution in [0.25, 0.3) is 0 Å². The first kappa shape index (κ1) is 15.5. The number of hydrogen-bond acceptors (Lipinski definition) is 3. The first-order valence-corrected chi connectivity index (χ1v) is 7.98. The van der Waals surface area contributed by atoms with Gasteiger partial charge in [-0.2, -0.15) is 0 Å². The van der Waals surface area contributed by atoms with Crippen LogP contribution in [0.2, 0.25) is 0 Å². The van der Waals surface area contributed by atoms with Crippen molar-refractivity contribution in [1.29, 1.82) is 0 Å². The number of aryl methyl sites for hydroxylation is 1. The van der Waals surface area contributed by atoms with Gasteiger partial charge in [0.1, 0.15) is 0 Å². The molecule has 3 atom stereocenters. The molecule has 3 unspecified atom stereocenters. The SMILES string of the molecule is CCC(C)C1CN(Cc2cncc(C)c2)C(C)CCN1. The summed E-state index contributed by atoms with van der Waals surface area (Å²) in [5.74, 6) is 0.735. The first-order valence-electron chi connectivity index (χ1n) is 7.98. The normalized spacial score (nSPS) is 26.2. The van der Waals surface area contributed by atoms with E-state index in [-0.39, 0.29) is 0 Å². The maximum absolute atomic E-state index is 4.33. The van der Waals surface area contributed by atoms with Gasteiger partial charge in [-0.1, -0.05) is 26.3 Å². The van der Waals surface area contributed by atoms with Gasteiger partial charge in [-0.05, 0) is 43.9 Å². The van der Waals surface area contributed by atoms with Gasteiger partial charge in [0, 0.05) is 37.6 Å². The molecular formula is C17H29N3. The number of rotatable bonds is 4. The summed E-state index contributed by atoms with van der Waals surface area (Å²) in [5, 5.41) is 3.73. The zero-order chi connectivity index (χ0) is 14.5. The van der Waals surface area contributed by atoms with Crippen LogP contribution in [0.1, 0.15) is 44.7 Å². The van der Waals surface area contributed by atoms with E-state index in [2.05, 4.69) is 49.0 Å². The Morgan fingerprint density at radius 1 is 1.45 bits per heavy atom. The molecule has 2 heterocycles. The molecule has 0 radical (unpaired) electrons. The molecule has 1 aromatic rings. The van der Waals surface area contributed by atoms with Gasteiger partial charge in [0.25, 0.3) is 0 Å². The quantitative estimate of drug-likeness (QED) is 0.915. The van der Waals surface area contributed by atoms with Crippen LogP contribution in [0.3, 0.4) is 0 Å². The van der Waals surface area contributed by atoms with Crippen molar-refractivity contribution in [3.05, 3.63) is 29.6 Å². The van der Waals surface area contributed by atoms with E-state index in [0.29, 0.717) is 12.1 Å². The summed E-state index contributed by atoms with van der Waals surface area (Å²) in [6.45, 7) is 12.4. The van der Waals surface area contributed by atoms with Crippen LogP contribution in [0.15, 0.2) is 18.5 Å². The molecule has 1 aromatic heterocycles. The Morgan fingerprint density at radius 2 is 2.25 bits per heavy atom. The summed E-state index contributed by atoms with van der Waals surface area (Å²) >= 11 is 0. The summed E-state index contributed by atoms with van der Waals surface area (Å²) in [6.07, 6.45) is 6.41. The molecule has 0 spiro atoms. The third-order valence-electron chi connectivity index (χ3n) is 4.67. The van der Waals surface area contributed by atoms with Crippen molar-refractivity contribution in [2.45, 2.75) is 59.2 Å². The molecule has 1 saturated heterocycles. The molecule has 3 nitrogen and oxygen atoms in total. The summed E-state index contributed by atoms with van der Waals surface area (Å²) in [6, 6.07) is 3.51. The van der Waals surface area contributed by atoms with Crippen molar-refractivity contribution in [3.8, 4) is 0 Å². The molecular weight excluding hydrogens is 246 g/mol. The van der Waals surface area contributed by atoms with E-state index >= 15 is 0 Å². The Labute approximate surface area is 123 Å². The highest BCUT2D eigenvalue weighted by Gasteiger charge is 2.25. The van der Waals surface area contributed by atoms with Gasteiger partial charge in [-0.15, -0.1) is 0 Å². The second-order valence-electron chi connectivity index (χ2n) is 6.38. The zero-order valence-electron chi connectivity index (χ0n) is 13.4. The van der Waals surface area contributed by atoms with Gasteiger partial charge in [-0.3, -0.25) is 9.88 Å². The molecule has 1 aliphatic rings. The third-order valence-corrected chi connectivity index (χ3v) is 4.67. The minimum Gasteiger partial charge on any atom is -0.312 e. The Kier molecular flexibility index (Phi) is 5.55. The second kappa shape index (κ2) is 7.19. The molecule has 0 aliphatic carbocycles. The highest BCUT2D eigenvalue weighted by atomic mass is 15.2. The largest absolute Gasteiger partial charge is 0.312 e. The van der Waals surface area contributed by atoms with E-state index in [0.717, 1.165) is 25.6 Å². The van der Waals surface area contributed by atoms with Crippen molar-refractivity contribution < 1.29 is 0 Å². The van der Waals surface area contributed by atoms with Gasteiger partial charge in [0.05, 0.1) is 0 Å². The Balaban J connectivity index is 2.06. The summed E-state index contributed by atoms with van der Waals surface area (Å²) in [4.78, 5) is 6.94. The van der Waals surface area contributed by atoms with Crippen molar-refractivity contribution in [2.24, 2.45) is 5.92 Å². The van der Waals surface area contributed by atoms with E-state index in [1.165, 1.54) is 24.0 Å². The average Bonchev–Trinajstić information content (AvgIpc) is 2.61. The number of nitrogens with one attached hydrogen (secondary N) is 1. The topological polar surface area (TPSA) is 28.2 Å². The smallest absolute Gasteiger partial charge is 0.0313 e. The molecule has 1 aliphatic heterocycles. The number of aromatic nitrogens is 1. The molecule has 3 heteroatoms. The molecule has 20 heavy (non-hydrogen) atoms. The van der Waals surface area contributed by atoms with Crippen LogP contribution in [0.5, 0.6) is 0 Å². The number of nitrogens with zero attached hydrogens (tertiary/aromatic N) is 2. The Bertz CT molecular complexity index is 418. The summed E-state index contributed by atoms with van der Waals surface area (Å²) < 4.78 is 0. The predicted molar refractivity (Wildman–Crippen MR) is 84.7 cm³/mol. The molecule has 0 bridgehead atoms. The molecule has 2 rings (SSSR count). The standard InChI is InChI=1S/C17H29N3/c1-5-14(3)17-12-20(15(4)6-7-19-17)11-16-8-13(2)9-18-10-16/h8-10,14-15,17,19H,5-7,11-12H2,1-4H3. The van der Waals surface area contributed by atoms with Crippen molar-refractivity contribution >= 4 is 0 Å². The predicted octanol–water partition coefficient (Wildman–Crippen LogP) is 2.99. The third kappa shape index (κ3) is 4.03. The maximum Gasteiger partial charge on any atom is 0.0313 e. The Hall–Kier alpha value is -0.930. The van der Waals surface area contributed by atoms with Gasteiger partial charge >= 0.3 is 0 Å². The number of pyridine rings is 1. The lowest BCUT2D eigenvalue weighted by atomic mass is 9.98. The monoisotopic (exact) mass is 275 g/mol. The molecule has 1 N–H and O–H groups in total. The lowest BCUT2D eigenvalue weighted by molar-refractivity contribution is 0.180. The fourth-order valence-corrected chi connectivity index (χ4v) is 2.98. The fraction of sp³-hybridized carbons (Fsp3) is 0.706. The van der Waals surface area contributed by atoms with Gasteiger partial charge in [0.2, 0.25) is 0 Å². The van der Waals surface area contributed by atoms with Gasteiger partial charge in [0.15, 0.2) is 0 Å². The molecule has 0 amide bonds. The Morgan fingerprint density at radius 3 is 2.95 bits per heavy atom. The summed E-state index contributed by atoms with van der Waals surface area (Å²) in [5.41, 5.74) is 2.59. The zero-order valence-corrected chi connectivity index (χ0v) is 13.4. The fourth-order valence-electron chi connectivity index (χ4n) is 2.98. The molecule has 0 aromatic carbocycles. The van der Waals surface area contributed by atoms with Crippen LogP contribution >= 0.6 is 0 Å². The first-order chi connectivity index (χ1) is 9.60. The van der Waals surface area contributed by atoms with E-state index in [4.69, 9.17) is 0 Å². The maximum atomic E-state index is 4.33. The van der Waals surface area contributed by atoms with Crippen LogP contribution < -0.4 is 5.32 Å². The minimum absolute atomic E-state index is 0.614.